The van der Waals surface area contributed by atoms with Crippen LogP contribution in [0.25, 0.3) is 22.4 Å². The SMILES string of the molecule is CC(C)[C@@](C)(C#N)NC(=O)CSc1nnc(-c2c[nH]c3ccccc23)o1. The van der Waals surface area contributed by atoms with E-state index in [1.54, 1.807) is 6.92 Å². The monoisotopic (exact) mass is 369 g/mol. The fraction of sp³-hybridized carbons (Fsp3) is 0.333. The Morgan fingerprint density at radius 1 is 1.42 bits per heavy atom. The van der Waals surface area contributed by atoms with Crippen molar-refractivity contribution in [2.24, 2.45) is 5.92 Å². The average Bonchev–Trinajstić information content (AvgIpc) is 3.26. The maximum Gasteiger partial charge on any atom is 0.277 e. The second kappa shape index (κ2) is 7.22. The van der Waals surface area contributed by atoms with Gasteiger partial charge in [0, 0.05) is 17.1 Å². The number of H-pyrrole nitrogens is 1. The van der Waals surface area contributed by atoms with Gasteiger partial charge >= 0.3 is 0 Å². The number of hydrogen-bond donors (Lipinski definition) is 2. The van der Waals surface area contributed by atoms with Gasteiger partial charge in [0.25, 0.3) is 11.1 Å². The first-order valence-electron chi connectivity index (χ1n) is 8.18. The molecule has 2 aromatic heterocycles. The van der Waals surface area contributed by atoms with Gasteiger partial charge in [-0.3, -0.25) is 4.79 Å². The standard InChI is InChI=1S/C18H19N5O2S/c1-11(2)18(3,10-19)21-15(24)9-26-17-23-22-16(25-17)13-8-20-14-7-5-4-6-12(13)14/h4-8,11,20H,9H2,1-3H3,(H,21,24)/t18-/m1/s1. The van der Waals surface area contributed by atoms with Crippen molar-refractivity contribution >= 4 is 28.6 Å². The molecule has 3 aromatic rings. The number of aromatic amines is 1. The number of benzene rings is 1. The highest BCUT2D eigenvalue weighted by Gasteiger charge is 2.30. The lowest BCUT2D eigenvalue weighted by atomic mass is 9.90. The van der Waals surface area contributed by atoms with E-state index in [0.29, 0.717) is 11.1 Å². The molecular formula is C18H19N5O2S. The summed E-state index contributed by atoms with van der Waals surface area (Å²) in [5.41, 5.74) is 0.904. The van der Waals surface area contributed by atoms with Gasteiger partial charge in [-0.15, -0.1) is 10.2 Å². The van der Waals surface area contributed by atoms with Crippen LogP contribution >= 0.6 is 11.8 Å². The van der Waals surface area contributed by atoms with Crippen molar-refractivity contribution in [1.29, 1.82) is 5.26 Å². The van der Waals surface area contributed by atoms with Crippen LogP contribution in [-0.2, 0) is 4.79 Å². The van der Waals surface area contributed by atoms with E-state index >= 15 is 0 Å². The minimum atomic E-state index is -0.901. The zero-order chi connectivity index (χ0) is 18.7. The van der Waals surface area contributed by atoms with Gasteiger partial charge in [-0.1, -0.05) is 43.8 Å². The number of fused-ring (bicyclic) bond motifs is 1. The Labute approximate surface area is 155 Å². The van der Waals surface area contributed by atoms with Crippen molar-refractivity contribution in [2.45, 2.75) is 31.5 Å². The summed E-state index contributed by atoms with van der Waals surface area (Å²) < 4.78 is 5.67. The number of nitriles is 1. The number of rotatable bonds is 6. The molecule has 1 amide bonds. The molecule has 0 aliphatic rings. The fourth-order valence-electron chi connectivity index (χ4n) is 2.38. The Balaban J connectivity index is 1.66. The number of amides is 1. The van der Waals surface area contributed by atoms with Crippen molar-refractivity contribution in [2.75, 3.05) is 5.75 Å². The van der Waals surface area contributed by atoms with E-state index in [9.17, 15) is 10.1 Å². The lowest BCUT2D eigenvalue weighted by Crippen LogP contribution is -2.49. The summed E-state index contributed by atoms with van der Waals surface area (Å²) in [5.74, 6) is 0.242. The fourth-order valence-corrected chi connectivity index (χ4v) is 2.94. The predicted molar refractivity (Wildman–Crippen MR) is 99.3 cm³/mol. The first-order chi connectivity index (χ1) is 12.4. The summed E-state index contributed by atoms with van der Waals surface area (Å²) >= 11 is 1.14. The van der Waals surface area contributed by atoms with E-state index < -0.39 is 5.54 Å². The number of carbonyl (C=O) groups is 1. The van der Waals surface area contributed by atoms with Crippen LogP contribution in [-0.4, -0.2) is 32.4 Å². The summed E-state index contributed by atoms with van der Waals surface area (Å²) in [5, 5.41) is 21.4. The molecule has 1 atom stereocenters. The molecule has 2 heterocycles. The smallest absolute Gasteiger partial charge is 0.277 e. The lowest BCUT2D eigenvalue weighted by molar-refractivity contribution is -0.120. The van der Waals surface area contributed by atoms with Crippen LogP contribution in [0.2, 0.25) is 0 Å². The molecule has 26 heavy (non-hydrogen) atoms. The first kappa shape index (κ1) is 18.0. The van der Waals surface area contributed by atoms with Gasteiger partial charge in [0.1, 0.15) is 5.54 Å². The van der Waals surface area contributed by atoms with Crippen LogP contribution in [0.15, 0.2) is 40.1 Å². The number of para-hydroxylation sites is 1. The highest BCUT2D eigenvalue weighted by molar-refractivity contribution is 7.99. The van der Waals surface area contributed by atoms with E-state index in [4.69, 9.17) is 4.42 Å². The molecule has 0 aliphatic carbocycles. The summed E-state index contributed by atoms with van der Waals surface area (Å²) in [4.78, 5) is 15.3. The minimum absolute atomic E-state index is 0.00155. The largest absolute Gasteiger partial charge is 0.411 e. The predicted octanol–water partition coefficient (Wildman–Crippen LogP) is 3.36. The van der Waals surface area contributed by atoms with Crippen LogP contribution in [0.3, 0.4) is 0 Å². The van der Waals surface area contributed by atoms with E-state index in [2.05, 4.69) is 26.6 Å². The van der Waals surface area contributed by atoms with Crippen LogP contribution in [0, 0.1) is 17.2 Å². The Kier molecular flexibility index (Phi) is 5.00. The summed E-state index contributed by atoms with van der Waals surface area (Å²) in [6.07, 6.45) is 1.82. The quantitative estimate of drug-likeness (QED) is 0.645. The van der Waals surface area contributed by atoms with Crippen molar-refractivity contribution in [1.82, 2.24) is 20.5 Å². The first-order valence-corrected chi connectivity index (χ1v) is 9.16. The van der Waals surface area contributed by atoms with Gasteiger partial charge in [0.2, 0.25) is 5.91 Å². The van der Waals surface area contributed by atoms with E-state index in [-0.39, 0.29) is 17.6 Å². The topological polar surface area (TPSA) is 108 Å². The maximum atomic E-state index is 12.1. The summed E-state index contributed by atoms with van der Waals surface area (Å²) in [7, 11) is 0. The lowest BCUT2D eigenvalue weighted by Gasteiger charge is -2.27. The second-order valence-electron chi connectivity index (χ2n) is 6.43. The Bertz CT molecular complexity index is 971. The second-order valence-corrected chi connectivity index (χ2v) is 7.35. The molecule has 0 bridgehead atoms. The van der Waals surface area contributed by atoms with Gasteiger partial charge in [0.05, 0.1) is 17.4 Å². The Hall–Kier alpha value is -2.79. The average molecular weight is 369 g/mol. The molecule has 0 saturated carbocycles. The molecular weight excluding hydrogens is 350 g/mol. The van der Waals surface area contributed by atoms with Gasteiger partial charge in [-0.05, 0) is 18.9 Å². The number of thioether (sulfide) groups is 1. The van der Waals surface area contributed by atoms with E-state index in [1.807, 2.05) is 44.3 Å². The molecule has 0 aliphatic heterocycles. The van der Waals surface area contributed by atoms with Crippen molar-refractivity contribution in [3.05, 3.63) is 30.5 Å². The van der Waals surface area contributed by atoms with Crippen LogP contribution in [0.5, 0.6) is 0 Å². The highest BCUT2D eigenvalue weighted by atomic mass is 32.2. The molecule has 1 aromatic carbocycles. The summed E-state index contributed by atoms with van der Waals surface area (Å²) in [6, 6.07) is 9.98. The molecule has 134 valence electrons. The van der Waals surface area contributed by atoms with E-state index in [0.717, 1.165) is 28.2 Å². The van der Waals surface area contributed by atoms with Crippen molar-refractivity contribution < 1.29 is 9.21 Å². The molecule has 2 N–H and O–H groups in total. The molecule has 0 fully saturated rings. The number of hydrogen-bond acceptors (Lipinski definition) is 6. The molecule has 0 saturated heterocycles. The van der Waals surface area contributed by atoms with Crippen molar-refractivity contribution in [3.63, 3.8) is 0 Å². The zero-order valence-electron chi connectivity index (χ0n) is 14.7. The molecule has 7 nitrogen and oxygen atoms in total. The van der Waals surface area contributed by atoms with Gasteiger partial charge in [-0.2, -0.15) is 5.26 Å². The van der Waals surface area contributed by atoms with Crippen LogP contribution in [0.4, 0.5) is 0 Å². The number of aromatic nitrogens is 3. The third-order valence-electron chi connectivity index (χ3n) is 4.34. The van der Waals surface area contributed by atoms with E-state index in [1.165, 1.54) is 0 Å². The third kappa shape index (κ3) is 3.58. The van der Waals surface area contributed by atoms with Gasteiger partial charge in [-0.25, -0.2) is 0 Å². The number of nitrogens with one attached hydrogen (secondary N) is 2. The Morgan fingerprint density at radius 2 is 2.19 bits per heavy atom. The molecule has 0 radical (unpaired) electrons. The maximum absolute atomic E-state index is 12.1. The van der Waals surface area contributed by atoms with Gasteiger partial charge < -0.3 is 14.7 Å². The zero-order valence-corrected chi connectivity index (χ0v) is 15.6. The molecule has 3 rings (SSSR count). The highest BCUT2D eigenvalue weighted by Crippen LogP contribution is 2.29. The van der Waals surface area contributed by atoms with Crippen LogP contribution < -0.4 is 5.32 Å². The summed E-state index contributed by atoms with van der Waals surface area (Å²) in [6.45, 7) is 5.49. The van der Waals surface area contributed by atoms with Crippen molar-refractivity contribution in [3.8, 4) is 17.5 Å². The molecule has 0 spiro atoms. The Morgan fingerprint density at radius 3 is 2.92 bits per heavy atom. The molecule has 0 unspecified atom stereocenters. The molecule has 8 heteroatoms. The van der Waals surface area contributed by atoms with Crippen LogP contribution in [0.1, 0.15) is 20.8 Å². The number of carbonyl (C=O) groups excluding carboxylic acids is 1. The minimum Gasteiger partial charge on any atom is -0.411 e. The normalized spacial score (nSPS) is 13.5. The third-order valence-corrected chi connectivity index (χ3v) is 5.16. The van der Waals surface area contributed by atoms with Gasteiger partial charge in [0.15, 0.2) is 0 Å². The number of nitrogens with zero attached hydrogens (tertiary/aromatic N) is 3.